The summed E-state index contributed by atoms with van der Waals surface area (Å²) in [7, 11) is -1.34. The maximum Gasteiger partial charge on any atom is 0.108 e. The largest absolute Gasteiger partial charge is 0.389 e. The predicted octanol–water partition coefficient (Wildman–Crippen LogP) is -2.84. The average Bonchev–Trinajstić information content (AvgIpc) is 2.16. The van der Waals surface area contributed by atoms with Crippen molar-refractivity contribution in [2.45, 2.75) is 29.6 Å². The van der Waals surface area contributed by atoms with E-state index in [9.17, 15) is 14.4 Å². The van der Waals surface area contributed by atoms with Gasteiger partial charge in [-0.1, -0.05) is 0 Å². The molecular formula is C6H13NO4S. The third-order valence-electron chi connectivity index (χ3n) is 2.19. The first-order valence-electron chi connectivity index (χ1n) is 3.59. The Kier molecular flexibility index (Phi) is 2.84. The smallest absolute Gasteiger partial charge is 0.108 e. The highest BCUT2D eigenvalue weighted by Gasteiger charge is 2.48. The lowest BCUT2D eigenvalue weighted by molar-refractivity contribution is -0.0200. The molecule has 1 aliphatic rings. The van der Waals surface area contributed by atoms with Crippen molar-refractivity contribution < 1.29 is 19.5 Å². The molecule has 0 spiro atoms. The quantitative estimate of drug-likeness (QED) is 0.361. The van der Waals surface area contributed by atoms with E-state index in [0.717, 1.165) is 0 Å². The lowest BCUT2D eigenvalue weighted by Gasteiger charge is -2.15. The SMILES string of the molecule is CS(=O)C1C(N)C(O)C(O)C1O. The maximum atomic E-state index is 11.0. The molecule has 1 rings (SSSR count). The molecule has 1 fully saturated rings. The number of aliphatic hydroxyl groups excluding tert-OH is 3. The molecule has 0 aromatic rings. The molecule has 6 atom stereocenters. The summed E-state index contributed by atoms with van der Waals surface area (Å²) in [6.07, 6.45) is -2.28. The molecular weight excluding hydrogens is 182 g/mol. The zero-order valence-electron chi connectivity index (χ0n) is 6.62. The highest BCUT2D eigenvalue weighted by atomic mass is 32.2. The Balaban J connectivity index is 2.83. The minimum Gasteiger partial charge on any atom is -0.389 e. The molecule has 72 valence electrons. The molecule has 0 heterocycles. The van der Waals surface area contributed by atoms with Gasteiger partial charge in [0.1, 0.15) is 6.10 Å². The Hall–Kier alpha value is -0.0100. The molecule has 0 aromatic heterocycles. The van der Waals surface area contributed by atoms with Crippen LogP contribution < -0.4 is 5.73 Å². The van der Waals surface area contributed by atoms with Gasteiger partial charge < -0.3 is 21.1 Å². The molecule has 12 heavy (non-hydrogen) atoms. The summed E-state index contributed by atoms with van der Waals surface area (Å²) in [5, 5.41) is 26.9. The van der Waals surface area contributed by atoms with Crippen molar-refractivity contribution in [1.29, 1.82) is 0 Å². The highest BCUT2D eigenvalue weighted by molar-refractivity contribution is 7.85. The number of hydrogen-bond acceptors (Lipinski definition) is 5. The normalized spacial score (nSPS) is 50.9. The standard InChI is InChI=1S/C6H13NO4S/c1-12(11)6-2(7)3(8)4(9)5(6)10/h2-6,8-10H,7H2,1H3. The summed E-state index contributed by atoms with van der Waals surface area (Å²) in [5.74, 6) is 0. The van der Waals surface area contributed by atoms with E-state index in [0.29, 0.717) is 0 Å². The molecule has 0 aromatic carbocycles. The van der Waals surface area contributed by atoms with Crippen LogP contribution in [0.2, 0.25) is 0 Å². The first-order chi connectivity index (χ1) is 5.46. The molecule has 1 aliphatic carbocycles. The van der Waals surface area contributed by atoms with E-state index in [-0.39, 0.29) is 0 Å². The minimum atomic E-state index is -1.34. The molecule has 0 radical (unpaired) electrons. The van der Waals surface area contributed by atoms with Gasteiger partial charge in [0.05, 0.1) is 23.5 Å². The van der Waals surface area contributed by atoms with Crippen molar-refractivity contribution in [2.75, 3.05) is 6.26 Å². The van der Waals surface area contributed by atoms with Gasteiger partial charge in [-0.25, -0.2) is 0 Å². The van der Waals surface area contributed by atoms with Crippen LogP contribution in [0.15, 0.2) is 0 Å². The van der Waals surface area contributed by atoms with Gasteiger partial charge in [-0.2, -0.15) is 0 Å². The summed E-state index contributed by atoms with van der Waals surface area (Å²) in [6.45, 7) is 0. The lowest BCUT2D eigenvalue weighted by atomic mass is 10.2. The van der Waals surface area contributed by atoms with E-state index in [1.807, 2.05) is 0 Å². The highest BCUT2D eigenvalue weighted by Crippen LogP contribution is 2.23. The Labute approximate surface area is 72.7 Å². The van der Waals surface area contributed by atoms with E-state index in [1.165, 1.54) is 6.26 Å². The van der Waals surface area contributed by atoms with E-state index in [1.54, 1.807) is 0 Å². The second kappa shape index (κ2) is 3.39. The first-order valence-corrected chi connectivity index (χ1v) is 5.21. The molecule has 5 nitrogen and oxygen atoms in total. The van der Waals surface area contributed by atoms with Crippen LogP contribution in [-0.4, -0.2) is 55.4 Å². The van der Waals surface area contributed by atoms with Crippen LogP contribution in [0.4, 0.5) is 0 Å². The van der Waals surface area contributed by atoms with Crippen molar-refractivity contribution in [3.8, 4) is 0 Å². The summed E-state index contributed by atoms with van der Waals surface area (Å²) in [6, 6.07) is -0.819. The van der Waals surface area contributed by atoms with E-state index in [4.69, 9.17) is 10.8 Å². The number of hydrogen-bond donors (Lipinski definition) is 4. The topological polar surface area (TPSA) is 104 Å². The molecule has 0 saturated heterocycles. The molecule has 0 aliphatic heterocycles. The van der Waals surface area contributed by atoms with E-state index < -0.39 is 40.4 Å². The van der Waals surface area contributed by atoms with Gasteiger partial charge in [0.25, 0.3) is 0 Å². The van der Waals surface area contributed by atoms with Crippen LogP contribution in [0, 0.1) is 0 Å². The van der Waals surface area contributed by atoms with Crippen LogP contribution in [-0.2, 0) is 10.8 Å². The summed E-state index contributed by atoms with van der Waals surface area (Å²) in [5.41, 5.74) is 5.44. The van der Waals surface area contributed by atoms with Gasteiger partial charge in [0, 0.05) is 17.1 Å². The fourth-order valence-corrected chi connectivity index (χ4v) is 2.62. The Bertz CT molecular complexity index is 186. The van der Waals surface area contributed by atoms with Crippen molar-refractivity contribution in [3.05, 3.63) is 0 Å². The molecule has 6 unspecified atom stereocenters. The molecule has 6 heteroatoms. The van der Waals surface area contributed by atoms with Gasteiger partial charge in [0.2, 0.25) is 0 Å². The summed E-state index contributed by atoms with van der Waals surface area (Å²) < 4.78 is 11.0. The second-order valence-electron chi connectivity index (χ2n) is 3.01. The van der Waals surface area contributed by atoms with Gasteiger partial charge in [-0.3, -0.25) is 4.21 Å². The average molecular weight is 195 g/mol. The number of aliphatic hydroxyl groups is 3. The predicted molar refractivity (Wildman–Crippen MR) is 43.9 cm³/mol. The second-order valence-corrected chi connectivity index (χ2v) is 4.55. The van der Waals surface area contributed by atoms with Crippen LogP contribution >= 0.6 is 0 Å². The van der Waals surface area contributed by atoms with Gasteiger partial charge in [0.15, 0.2) is 0 Å². The van der Waals surface area contributed by atoms with Crippen molar-refractivity contribution in [2.24, 2.45) is 5.73 Å². The van der Waals surface area contributed by atoms with Crippen molar-refractivity contribution in [3.63, 3.8) is 0 Å². The van der Waals surface area contributed by atoms with Crippen molar-refractivity contribution >= 4 is 10.8 Å². The zero-order valence-corrected chi connectivity index (χ0v) is 7.44. The molecule has 1 saturated carbocycles. The van der Waals surface area contributed by atoms with Gasteiger partial charge in [-0.05, 0) is 0 Å². The van der Waals surface area contributed by atoms with Crippen LogP contribution in [0.5, 0.6) is 0 Å². The number of rotatable bonds is 1. The van der Waals surface area contributed by atoms with E-state index in [2.05, 4.69) is 0 Å². The monoisotopic (exact) mass is 195 g/mol. The Morgan fingerprint density at radius 3 is 1.83 bits per heavy atom. The Morgan fingerprint density at radius 1 is 1.17 bits per heavy atom. The number of nitrogens with two attached hydrogens (primary N) is 1. The first kappa shape index (κ1) is 10.1. The summed E-state index contributed by atoms with van der Waals surface area (Å²) >= 11 is 0. The van der Waals surface area contributed by atoms with Crippen LogP contribution in [0.1, 0.15) is 0 Å². The van der Waals surface area contributed by atoms with E-state index >= 15 is 0 Å². The fraction of sp³-hybridized carbons (Fsp3) is 1.00. The Morgan fingerprint density at radius 2 is 1.67 bits per heavy atom. The van der Waals surface area contributed by atoms with Gasteiger partial charge >= 0.3 is 0 Å². The van der Waals surface area contributed by atoms with Crippen LogP contribution in [0.3, 0.4) is 0 Å². The molecule has 0 bridgehead atoms. The van der Waals surface area contributed by atoms with Crippen molar-refractivity contribution in [1.82, 2.24) is 0 Å². The summed E-state index contributed by atoms with van der Waals surface area (Å²) in [4.78, 5) is 0. The fourth-order valence-electron chi connectivity index (χ4n) is 1.46. The minimum absolute atomic E-state index is 0.741. The van der Waals surface area contributed by atoms with Crippen LogP contribution in [0.25, 0.3) is 0 Å². The maximum absolute atomic E-state index is 11.0. The lowest BCUT2D eigenvalue weighted by Crippen LogP contribution is -2.42. The third kappa shape index (κ3) is 1.40. The molecule has 5 N–H and O–H groups in total. The van der Waals surface area contributed by atoms with Gasteiger partial charge in [-0.15, -0.1) is 0 Å². The third-order valence-corrected chi connectivity index (χ3v) is 3.55. The zero-order chi connectivity index (χ0) is 9.46. The molecule has 0 amide bonds.